The molecule has 0 saturated carbocycles. The van der Waals surface area contributed by atoms with Crippen LogP contribution < -0.4 is 20.7 Å². The van der Waals surface area contributed by atoms with Crippen LogP contribution in [0.2, 0.25) is 0 Å². The number of fused-ring (bicyclic) bond motifs is 2. The fraction of sp³-hybridized carbons (Fsp3) is 0.579. The van der Waals surface area contributed by atoms with Gasteiger partial charge in [-0.3, -0.25) is 9.98 Å². The summed E-state index contributed by atoms with van der Waals surface area (Å²) >= 11 is 0. The van der Waals surface area contributed by atoms with Crippen molar-refractivity contribution in [2.24, 2.45) is 4.99 Å². The summed E-state index contributed by atoms with van der Waals surface area (Å²) in [4.78, 5) is 9.38. The van der Waals surface area contributed by atoms with E-state index in [0.29, 0.717) is 19.1 Å². The lowest BCUT2D eigenvalue weighted by Gasteiger charge is -2.17. The second kappa shape index (κ2) is 9.53. The minimum atomic E-state index is 0.277. The zero-order valence-electron chi connectivity index (χ0n) is 16.0. The van der Waals surface area contributed by atoms with E-state index in [0.717, 1.165) is 41.6 Å². The molecule has 0 unspecified atom stereocenters. The van der Waals surface area contributed by atoms with Gasteiger partial charge in [0.15, 0.2) is 0 Å². The van der Waals surface area contributed by atoms with Crippen molar-refractivity contribution in [2.75, 3.05) is 20.2 Å². The molecule has 0 fully saturated rings. The fourth-order valence-corrected chi connectivity index (χ4v) is 2.62. The van der Waals surface area contributed by atoms with E-state index < -0.39 is 0 Å². The average molecular weight is 345 g/mol. The highest BCUT2D eigenvalue weighted by Gasteiger charge is 2.08. The molecule has 3 N–H and O–H groups in total. The first-order chi connectivity index (χ1) is 12.0. The second-order valence-corrected chi connectivity index (χ2v) is 6.74. The fourth-order valence-electron chi connectivity index (χ4n) is 2.62. The lowest BCUT2D eigenvalue weighted by Crippen LogP contribution is -2.35. The zero-order valence-corrected chi connectivity index (χ0v) is 16.0. The number of rotatable bonds is 1. The number of hydrogen-bond acceptors (Lipinski definition) is 6. The monoisotopic (exact) mass is 345 g/mol. The van der Waals surface area contributed by atoms with Gasteiger partial charge in [0, 0.05) is 55.3 Å². The summed E-state index contributed by atoms with van der Waals surface area (Å²) in [7, 11) is 1.69. The standard InChI is InChI=1S/C19H31N5O/c1-13-6-14(2)21-10-16(4)23-12-18-8-19(25-5)7-17(24-18)11-22-15(3)9-20-13/h6-8,15-16,20,22-23H,9-12H2,1-5H3/b13-6-,21-14?/t15-,16-/m0/s1. The Bertz CT molecular complexity index is 626. The van der Waals surface area contributed by atoms with Crippen LogP contribution in [0.15, 0.2) is 28.9 Å². The average Bonchev–Trinajstić information content (AvgIpc) is 2.60. The molecule has 6 nitrogen and oxygen atoms in total. The van der Waals surface area contributed by atoms with Gasteiger partial charge in [-0.15, -0.1) is 0 Å². The normalized spacial score (nSPS) is 25.3. The Hall–Kier alpha value is -1.92. The van der Waals surface area contributed by atoms with E-state index in [1.165, 1.54) is 0 Å². The number of aliphatic imine (C=N–C) groups is 1. The Balaban J connectivity index is 2.19. The van der Waals surface area contributed by atoms with Crippen molar-refractivity contribution in [2.45, 2.75) is 52.9 Å². The summed E-state index contributed by atoms with van der Waals surface area (Å²) in [5.41, 5.74) is 4.14. The van der Waals surface area contributed by atoms with E-state index in [4.69, 9.17) is 9.72 Å². The van der Waals surface area contributed by atoms with Crippen LogP contribution in [0.1, 0.15) is 39.1 Å². The molecule has 0 aliphatic carbocycles. The third-order valence-electron chi connectivity index (χ3n) is 4.13. The number of nitrogens with one attached hydrogen (secondary N) is 3. The van der Waals surface area contributed by atoms with Crippen LogP contribution in [0.3, 0.4) is 0 Å². The van der Waals surface area contributed by atoms with E-state index in [2.05, 4.69) is 47.8 Å². The molecule has 138 valence electrons. The summed E-state index contributed by atoms with van der Waals surface area (Å²) < 4.78 is 5.42. The van der Waals surface area contributed by atoms with Gasteiger partial charge < -0.3 is 20.7 Å². The van der Waals surface area contributed by atoms with Crippen molar-refractivity contribution in [3.63, 3.8) is 0 Å². The van der Waals surface area contributed by atoms with Gasteiger partial charge in [-0.1, -0.05) is 0 Å². The summed E-state index contributed by atoms with van der Waals surface area (Å²) in [5.74, 6) is 0.843. The van der Waals surface area contributed by atoms with Gasteiger partial charge in [-0.05, 0) is 33.8 Å². The Morgan fingerprint density at radius 1 is 1.04 bits per heavy atom. The maximum Gasteiger partial charge on any atom is 0.122 e. The lowest BCUT2D eigenvalue weighted by atomic mass is 10.2. The maximum atomic E-state index is 5.42. The minimum Gasteiger partial charge on any atom is -0.497 e. The molecule has 0 radical (unpaired) electrons. The quantitative estimate of drug-likeness (QED) is 0.726. The van der Waals surface area contributed by atoms with Gasteiger partial charge in [-0.25, -0.2) is 0 Å². The first-order valence-electron chi connectivity index (χ1n) is 8.90. The minimum absolute atomic E-state index is 0.277. The summed E-state index contributed by atoms with van der Waals surface area (Å²) in [6, 6.07) is 4.57. The second-order valence-electron chi connectivity index (χ2n) is 6.74. The maximum absolute atomic E-state index is 5.42. The van der Waals surface area contributed by atoms with E-state index in [1.807, 2.05) is 19.1 Å². The number of methoxy groups -OCH3 is 1. The molecule has 1 aromatic rings. The molecule has 1 aromatic heterocycles. The molecule has 0 spiro atoms. The van der Waals surface area contributed by atoms with Crippen LogP contribution >= 0.6 is 0 Å². The van der Waals surface area contributed by atoms with E-state index >= 15 is 0 Å². The Morgan fingerprint density at radius 3 is 2.32 bits per heavy atom. The summed E-state index contributed by atoms with van der Waals surface area (Å²) in [6.07, 6.45) is 2.10. The van der Waals surface area contributed by atoms with Gasteiger partial charge in [0.25, 0.3) is 0 Å². The Morgan fingerprint density at radius 2 is 1.68 bits per heavy atom. The van der Waals surface area contributed by atoms with Crippen LogP contribution in [0.5, 0.6) is 5.75 Å². The van der Waals surface area contributed by atoms with Crippen LogP contribution in [0.25, 0.3) is 0 Å². The number of aromatic nitrogens is 1. The predicted octanol–water partition coefficient (Wildman–Crippen LogP) is 2.01. The highest BCUT2D eigenvalue weighted by Crippen LogP contribution is 2.14. The largest absolute Gasteiger partial charge is 0.497 e. The molecular formula is C19H31N5O. The molecule has 1 aliphatic rings. The zero-order chi connectivity index (χ0) is 18.2. The summed E-state index contributed by atoms with van der Waals surface area (Å²) in [6.45, 7) is 11.4. The summed E-state index contributed by atoms with van der Waals surface area (Å²) in [5, 5.41) is 10.4. The third kappa shape index (κ3) is 6.84. The van der Waals surface area contributed by atoms with Crippen molar-refractivity contribution in [1.29, 1.82) is 0 Å². The van der Waals surface area contributed by atoms with Crippen molar-refractivity contribution >= 4 is 5.71 Å². The molecule has 0 aromatic carbocycles. The number of ether oxygens (including phenoxy) is 1. The number of hydrogen-bond donors (Lipinski definition) is 3. The number of pyridine rings is 1. The molecule has 6 heteroatoms. The van der Waals surface area contributed by atoms with Crippen LogP contribution in [-0.4, -0.2) is 43.0 Å². The van der Waals surface area contributed by atoms with E-state index in [9.17, 15) is 0 Å². The molecule has 0 saturated heterocycles. The van der Waals surface area contributed by atoms with E-state index in [1.54, 1.807) is 7.11 Å². The van der Waals surface area contributed by atoms with Gasteiger partial charge in [0.05, 0.1) is 25.0 Å². The SMILES string of the molecule is COc1cc2nc(c1)CN[C@@H](C)CN/C(C)=C\C(C)=NC[C@H](C)NC2. The first-order valence-corrected chi connectivity index (χ1v) is 8.90. The van der Waals surface area contributed by atoms with Gasteiger partial charge in [-0.2, -0.15) is 0 Å². The Kier molecular flexibility index (Phi) is 7.40. The van der Waals surface area contributed by atoms with Crippen LogP contribution in [0.4, 0.5) is 0 Å². The smallest absolute Gasteiger partial charge is 0.122 e. The molecule has 25 heavy (non-hydrogen) atoms. The lowest BCUT2D eigenvalue weighted by molar-refractivity contribution is 0.411. The van der Waals surface area contributed by atoms with Crippen LogP contribution in [0, 0.1) is 0 Å². The molecule has 1 aliphatic heterocycles. The highest BCUT2D eigenvalue weighted by molar-refractivity contribution is 5.93. The molecule has 2 bridgehead atoms. The van der Waals surface area contributed by atoms with Crippen molar-refractivity contribution in [1.82, 2.24) is 20.9 Å². The van der Waals surface area contributed by atoms with Crippen LogP contribution in [-0.2, 0) is 13.1 Å². The topological polar surface area (TPSA) is 70.6 Å². The van der Waals surface area contributed by atoms with Gasteiger partial charge >= 0.3 is 0 Å². The van der Waals surface area contributed by atoms with Gasteiger partial charge in [0.1, 0.15) is 5.75 Å². The first kappa shape index (κ1) is 19.4. The molecule has 2 heterocycles. The molecular weight excluding hydrogens is 314 g/mol. The highest BCUT2D eigenvalue weighted by atomic mass is 16.5. The van der Waals surface area contributed by atoms with E-state index in [-0.39, 0.29) is 6.04 Å². The van der Waals surface area contributed by atoms with Crippen molar-refractivity contribution in [3.05, 3.63) is 35.3 Å². The molecule has 0 amide bonds. The van der Waals surface area contributed by atoms with Gasteiger partial charge in [0.2, 0.25) is 0 Å². The number of allylic oxidation sites excluding steroid dienone is 2. The third-order valence-corrected chi connectivity index (χ3v) is 4.13. The Labute approximate surface area is 151 Å². The molecule has 2 rings (SSSR count). The predicted molar refractivity (Wildman–Crippen MR) is 103 cm³/mol. The van der Waals surface area contributed by atoms with Crippen molar-refractivity contribution in [3.8, 4) is 5.75 Å². The molecule has 2 atom stereocenters. The van der Waals surface area contributed by atoms with Crippen molar-refractivity contribution < 1.29 is 4.74 Å². The number of nitrogens with zero attached hydrogens (tertiary/aromatic N) is 2.